The summed E-state index contributed by atoms with van der Waals surface area (Å²) in [6, 6.07) is -0.365. The second-order valence-electron chi connectivity index (χ2n) is 4.90. The van der Waals surface area contributed by atoms with Gasteiger partial charge in [0, 0.05) is 19.0 Å². The van der Waals surface area contributed by atoms with E-state index >= 15 is 0 Å². The number of aliphatic hydroxyl groups excluding tert-OH is 1. The Bertz CT molecular complexity index is 205. The third-order valence-electron chi connectivity index (χ3n) is 3.41. The van der Waals surface area contributed by atoms with Crippen LogP contribution in [0.5, 0.6) is 0 Å². The Hall–Kier alpha value is -0.610. The zero-order valence-electron chi connectivity index (χ0n) is 10.1. The molecule has 0 aliphatic heterocycles. The number of hydrogen-bond donors (Lipinski definition) is 3. The normalized spacial score (nSPS) is 20.7. The summed E-state index contributed by atoms with van der Waals surface area (Å²) >= 11 is 0. The molecular weight excluding hydrogens is 204 g/mol. The number of carbonyl (C=O) groups is 1. The first-order chi connectivity index (χ1) is 7.59. The van der Waals surface area contributed by atoms with E-state index in [1.165, 1.54) is 25.7 Å². The summed E-state index contributed by atoms with van der Waals surface area (Å²) < 4.78 is 0. The summed E-state index contributed by atoms with van der Waals surface area (Å²) in [6.45, 7) is 2.00. The Kier molecular flexibility index (Phi) is 5.77. The molecule has 16 heavy (non-hydrogen) atoms. The molecule has 0 aromatic heterocycles. The van der Waals surface area contributed by atoms with Gasteiger partial charge in [-0.2, -0.15) is 0 Å². The van der Waals surface area contributed by atoms with Crippen LogP contribution in [0.15, 0.2) is 0 Å². The van der Waals surface area contributed by atoms with Crippen LogP contribution < -0.4 is 11.1 Å². The molecule has 1 rings (SSSR count). The van der Waals surface area contributed by atoms with Crippen molar-refractivity contribution in [2.24, 2.45) is 11.7 Å². The Labute approximate surface area is 97.6 Å². The van der Waals surface area contributed by atoms with Gasteiger partial charge in [0.2, 0.25) is 5.91 Å². The molecule has 0 saturated heterocycles. The molecule has 0 aromatic carbocycles. The molecule has 0 aromatic rings. The van der Waals surface area contributed by atoms with E-state index in [2.05, 4.69) is 5.32 Å². The van der Waals surface area contributed by atoms with Crippen LogP contribution >= 0.6 is 0 Å². The zero-order valence-corrected chi connectivity index (χ0v) is 10.1. The average Bonchev–Trinajstić information content (AvgIpc) is 2.75. The minimum atomic E-state index is -0.574. The van der Waals surface area contributed by atoms with E-state index in [0.29, 0.717) is 13.0 Å². The van der Waals surface area contributed by atoms with Crippen LogP contribution in [0.1, 0.15) is 45.4 Å². The second-order valence-corrected chi connectivity index (χ2v) is 4.90. The van der Waals surface area contributed by atoms with Crippen molar-refractivity contribution in [1.29, 1.82) is 0 Å². The van der Waals surface area contributed by atoms with Gasteiger partial charge in [-0.3, -0.25) is 4.79 Å². The molecule has 1 fully saturated rings. The van der Waals surface area contributed by atoms with E-state index < -0.39 is 6.10 Å². The van der Waals surface area contributed by atoms with E-state index in [4.69, 9.17) is 10.8 Å². The van der Waals surface area contributed by atoms with Gasteiger partial charge in [0.1, 0.15) is 0 Å². The van der Waals surface area contributed by atoms with Gasteiger partial charge >= 0.3 is 0 Å². The van der Waals surface area contributed by atoms with E-state index in [1.807, 2.05) is 0 Å². The molecule has 1 aliphatic carbocycles. The van der Waals surface area contributed by atoms with Crippen molar-refractivity contribution in [2.45, 2.75) is 57.6 Å². The quantitative estimate of drug-likeness (QED) is 0.629. The third kappa shape index (κ3) is 4.94. The van der Waals surface area contributed by atoms with Gasteiger partial charge in [-0.05, 0) is 19.3 Å². The average molecular weight is 228 g/mol. The highest BCUT2D eigenvalue weighted by molar-refractivity contribution is 5.75. The molecule has 1 aliphatic rings. The summed E-state index contributed by atoms with van der Waals surface area (Å²) in [4.78, 5) is 11.5. The summed E-state index contributed by atoms with van der Waals surface area (Å²) in [5.41, 5.74) is 5.62. The fourth-order valence-electron chi connectivity index (χ4n) is 2.12. The maximum Gasteiger partial charge on any atom is 0.220 e. The van der Waals surface area contributed by atoms with Crippen LogP contribution in [-0.4, -0.2) is 29.7 Å². The van der Waals surface area contributed by atoms with Crippen molar-refractivity contribution < 1.29 is 9.90 Å². The largest absolute Gasteiger partial charge is 0.392 e. The zero-order chi connectivity index (χ0) is 12.0. The highest BCUT2D eigenvalue weighted by atomic mass is 16.3. The lowest BCUT2D eigenvalue weighted by atomic mass is 10.0. The molecule has 0 heterocycles. The van der Waals surface area contributed by atoms with Crippen molar-refractivity contribution in [3.63, 3.8) is 0 Å². The Morgan fingerprint density at radius 1 is 1.50 bits per heavy atom. The molecule has 94 valence electrons. The van der Waals surface area contributed by atoms with Crippen LogP contribution in [0.2, 0.25) is 0 Å². The molecule has 0 radical (unpaired) electrons. The molecule has 4 N–H and O–H groups in total. The maximum atomic E-state index is 11.5. The summed E-state index contributed by atoms with van der Waals surface area (Å²) in [5, 5.41) is 11.9. The number of hydrogen-bond acceptors (Lipinski definition) is 3. The maximum absolute atomic E-state index is 11.5. The SMILES string of the molecule is CC(O)C(N)CNC(=O)CCC1CCCC1. The minimum absolute atomic E-state index is 0.0583. The van der Waals surface area contributed by atoms with Crippen LogP contribution in [0.25, 0.3) is 0 Å². The Morgan fingerprint density at radius 3 is 2.69 bits per heavy atom. The molecule has 4 nitrogen and oxygen atoms in total. The molecule has 2 atom stereocenters. The lowest BCUT2D eigenvalue weighted by Crippen LogP contribution is -2.43. The molecule has 4 heteroatoms. The highest BCUT2D eigenvalue weighted by Crippen LogP contribution is 2.28. The van der Waals surface area contributed by atoms with Crippen molar-refractivity contribution in [1.82, 2.24) is 5.32 Å². The molecule has 2 unspecified atom stereocenters. The van der Waals surface area contributed by atoms with Crippen LogP contribution in [0.3, 0.4) is 0 Å². The topological polar surface area (TPSA) is 75.3 Å². The van der Waals surface area contributed by atoms with Gasteiger partial charge in [-0.25, -0.2) is 0 Å². The number of carbonyl (C=O) groups excluding carboxylic acids is 1. The Morgan fingerprint density at radius 2 is 2.12 bits per heavy atom. The first kappa shape index (κ1) is 13.5. The van der Waals surface area contributed by atoms with E-state index in [1.54, 1.807) is 6.92 Å². The van der Waals surface area contributed by atoms with Gasteiger partial charge in [0.05, 0.1) is 6.10 Å². The number of rotatable bonds is 6. The third-order valence-corrected chi connectivity index (χ3v) is 3.41. The standard InChI is InChI=1S/C12H24N2O2/c1-9(15)11(13)8-14-12(16)7-6-10-4-2-3-5-10/h9-11,15H,2-8,13H2,1H3,(H,14,16). The van der Waals surface area contributed by atoms with Crippen molar-refractivity contribution >= 4 is 5.91 Å². The number of nitrogens with two attached hydrogens (primary N) is 1. The predicted octanol–water partition coefficient (Wildman–Crippen LogP) is 0.781. The van der Waals surface area contributed by atoms with Gasteiger partial charge in [-0.15, -0.1) is 0 Å². The van der Waals surface area contributed by atoms with Crippen LogP contribution in [0, 0.1) is 5.92 Å². The molecule has 1 saturated carbocycles. The van der Waals surface area contributed by atoms with E-state index in [9.17, 15) is 4.79 Å². The number of nitrogens with one attached hydrogen (secondary N) is 1. The summed E-state index contributed by atoms with van der Waals surface area (Å²) in [5.74, 6) is 0.805. The monoisotopic (exact) mass is 228 g/mol. The number of aliphatic hydroxyl groups is 1. The number of amides is 1. The smallest absolute Gasteiger partial charge is 0.220 e. The van der Waals surface area contributed by atoms with Crippen molar-refractivity contribution in [2.75, 3.05) is 6.54 Å². The van der Waals surface area contributed by atoms with Gasteiger partial charge in [-0.1, -0.05) is 25.7 Å². The van der Waals surface area contributed by atoms with E-state index in [0.717, 1.165) is 12.3 Å². The summed E-state index contributed by atoms with van der Waals surface area (Å²) in [7, 11) is 0. The molecular formula is C12H24N2O2. The van der Waals surface area contributed by atoms with Crippen LogP contribution in [0.4, 0.5) is 0 Å². The summed E-state index contributed by atoms with van der Waals surface area (Å²) in [6.07, 6.45) is 6.21. The van der Waals surface area contributed by atoms with Crippen LogP contribution in [-0.2, 0) is 4.79 Å². The Balaban J connectivity index is 2.06. The van der Waals surface area contributed by atoms with E-state index in [-0.39, 0.29) is 11.9 Å². The lowest BCUT2D eigenvalue weighted by Gasteiger charge is -2.15. The highest BCUT2D eigenvalue weighted by Gasteiger charge is 2.16. The van der Waals surface area contributed by atoms with Gasteiger partial charge in [0.25, 0.3) is 0 Å². The molecule has 1 amide bonds. The first-order valence-corrected chi connectivity index (χ1v) is 6.30. The first-order valence-electron chi connectivity index (χ1n) is 6.30. The molecule has 0 spiro atoms. The van der Waals surface area contributed by atoms with Gasteiger partial charge in [0.15, 0.2) is 0 Å². The second kappa shape index (κ2) is 6.86. The van der Waals surface area contributed by atoms with Crippen molar-refractivity contribution in [3.05, 3.63) is 0 Å². The molecule has 0 bridgehead atoms. The fraction of sp³-hybridized carbons (Fsp3) is 0.917. The van der Waals surface area contributed by atoms with Crippen molar-refractivity contribution in [3.8, 4) is 0 Å². The minimum Gasteiger partial charge on any atom is -0.392 e. The lowest BCUT2D eigenvalue weighted by molar-refractivity contribution is -0.121. The fourth-order valence-corrected chi connectivity index (χ4v) is 2.12. The van der Waals surface area contributed by atoms with Gasteiger partial charge < -0.3 is 16.2 Å². The predicted molar refractivity (Wildman–Crippen MR) is 63.9 cm³/mol.